The molecule has 0 spiro atoms. The molecule has 1 amide bonds. The van der Waals surface area contributed by atoms with Crippen molar-refractivity contribution in [3.63, 3.8) is 0 Å². The Bertz CT molecular complexity index is 381. The molecule has 5 heteroatoms. The Balaban J connectivity index is 2.63. The third-order valence-electron chi connectivity index (χ3n) is 2.64. The zero-order valence-corrected chi connectivity index (χ0v) is 11.4. The zero-order valence-electron chi connectivity index (χ0n) is 11.4. The fourth-order valence-electron chi connectivity index (χ4n) is 1.64. The quantitative estimate of drug-likeness (QED) is 0.760. The summed E-state index contributed by atoms with van der Waals surface area (Å²) in [6.07, 6.45) is 0. The van der Waals surface area contributed by atoms with Crippen molar-refractivity contribution in [3.8, 4) is 0 Å². The Morgan fingerprint density at radius 1 is 1.39 bits per heavy atom. The lowest BCUT2D eigenvalue weighted by Crippen LogP contribution is -2.35. The van der Waals surface area contributed by atoms with E-state index in [4.69, 9.17) is 0 Å². The van der Waals surface area contributed by atoms with Crippen molar-refractivity contribution in [1.29, 1.82) is 0 Å². The van der Waals surface area contributed by atoms with Gasteiger partial charge in [-0.1, -0.05) is 13.0 Å². The first-order chi connectivity index (χ1) is 8.69. The van der Waals surface area contributed by atoms with Gasteiger partial charge in [-0.2, -0.15) is 0 Å². The van der Waals surface area contributed by atoms with E-state index < -0.39 is 0 Å². The van der Waals surface area contributed by atoms with Gasteiger partial charge in [0.1, 0.15) is 5.82 Å². The third kappa shape index (κ3) is 4.71. The molecule has 100 valence electrons. The van der Waals surface area contributed by atoms with Crippen LogP contribution < -0.4 is 10.6 Å². The summed E-state index contributed by atoms with van der Waals surface area (Å²) in [4.78, 5) is 17.9. The Morgan fingerprint density at radius 3 is 2.78 bits per heavy atom. The lowest BCUT2D eigenvalue weighted by Gasteiger charge is -2.19. The third-order valence-corrected chi connectivity index (χ3v) is 2.64. The maximum atomic E-state index is 11.4. The maximum Gasteiger partial charge on any atom is 0.233 e. The predicted molar refractivity (Wildman–Crippen MR) is 73.4 cm³/mol. The molecule has 0 aliphatic rings. The molecule has 0 radical (unpaired) electrons. The highest BCUT2D eigenvalue weighted by Crippen LogP contribution is 2.07. The van der Waals surface area contributed by atoms with Crippen LogP contribution in [0.3, 0.4) is 0 Å². The van der Waals surface area contributed by atoms with Crippen LogP contribution in [0.1, 0.15) is 19.5 Å². The first-order valence-corrected chi connectivity index (χ1v) is 6.32. The molecule has 0 atom stereocenters. The lowest BCUT2D eigenvalue weighted by molar-refractivity contribution is -0.121. The number of nitrogens with zero attached hydrogens (tertiary/aromatic N) is 2. The Labute approximate surface area is 109 Å². The second-order valence-electron chi connectivity index (χ2n) is 4.02. The van der Waals surface area contributed by atoms with Gasteiger partial charge in [0.25, 0.3) is 0 Å². The zero-order chi connectivity index (χ0) is 13.4. The second-order valence-corrected chi connectivity index (χ2v) is 4.02. The molecule has 0 saturated heterocycles. The van der Waals surface area contributed by atoms with Gasteiger partial charge in [-0.05, 0) is 25.6 Å². The molecule has 1 heterocycles. The van der Waals surface area contributed by atoms with Crippen LogP contribution in [0.25, 0.3) is 0 Å². The van der Waals surface area contributed by atoms with E-state index in [1.54, 1.807) is 7.05 Å². The lowest BCUT2D eigenvalue weighted by atomic mass is 10.3. The first kappa shape index (κ1) is 14.4. The van der Waals surface area contributed by atoms with Gasteiger partial charge in [0.2, 0.25) is 5.91 Å². The number of hydrogen-bond acceptors (Lipinski definition) is 4. The predicted octanol–water partition coefficient (Wildman–Crippen LogP) is 1.08. The number of aromatic nitrogens is 1. The van der Waals surface area contributed by atoms with Crippen molar-refractivity contribution >= 4 is 11.7 Å². The number of nitrogens with one attached hydrogen (secondary N) is 2. The highest BCUT2D eigenvalue weighted by molar-refractivity contribution is 5.77. The van der Waals surface area contributed by atoms with Crippen LogP contribution in [0.4, 0.5) is 5.82 Å². The summed E-state index contributed by atoms with van der Waals surface area (Å²) in [5, 5.41) is 5.82. The molecule has 2 N–H and O–H groups in total. The number of carbonyl (C=O) groups is 1. The summed E-state index contributed by atoms with van der Waals surface area (Å²) >= 11 is 0. The van der Waals surface area contributed by atoms with Gasteiger partial charge in [-0.3, -0.25) is 9.69 Å². The summed E-state index contributed by atoms with van der Waals surface area (Å²) in [5.74, 6) is 0.908. The number of hydrogen-bond donors (Lipinski definition) is 2. The average molecular weight is 250 g/mol. The number of carbonyl (C=O) groups excluding carboxylic acids is 1. The van der Waals surface area contributed by atoms with E-state index in [1.807, 2.05) is 32.0 Å². The second kappa shape index (κ2) is 7.66. The largest absolute Gasteiger partial charge is 0.370 e. The Kier molecular flexibility index (Phi) is 6.14. The molecule has 0 bridgehead atoms. The van der Waals surface area contributed by atoms with Crippen LogP contribution in [-0.4, -0.2) is 42.5 Å². The molecule has 0 unspecified atom stereocenters. The Morgan fingerprint density at radius 2 is 2.17 bits per heavy atom. The minimum Gasteiger partial charge on any atom is -0.370 e. The molecular formula is C13H22N4O. The summed E-state index contributed by atoms with van der Waals surface area (Å²) in [5.41, 5.74) is 0.971. The smallest absolute Gasteiger partial charge is 0.233 e. The number of anilines is 1. The molecule has 18 heavy (non-hydrogen) atoms. The van der Waals surface area contributed by atoms with E-state index in [-0.39, 0.29) is 5.91 Å². The first-order valence-electron chi connectivity index (χ1n) is 6.32. The molecule has 1 rings (SSSR count). The highest BCUT2D eigenvalue weighted by Gasteiger charge is 2.09. The molecule has 0 saturated carbocycles. The standard InChI is InChI=1S/C13H22N4O/c1-4-15-12-8-6-7-11(16-12)9-17(5-2)10-13(18)14-3/h6-8H,4-5,9-10H2,1-3H3,(H,14,18)(H,15,16). The molecular weight excluding hydrogens is 228 g/mol. The van der Waals surface area contributed by atoms with Crippen LogP contribution >= 0.6 is 0 Å². The van der Waals surface area contributed by atoms with Crippen molar-refractivity contribution in [3.05, 3.63) is 23.9 Å². The summed E-state index contributed by atoms with van der Waals surface area (Å²) < 4.78 is 0. The van der Waals surface area contributed by atoms with Crippen molar-refractivity contribution < 1.29 is 4.79 Å². The fourth-order valence-corrected chi connectivity index (χ4v) is 1.64. The molecule has 0 aromatic carbocycles. The van der Waals surface area contributed by atoms with Gasteiger partial charge >= 0.3 is 0 Å². The van der Waals surface area contributed by atoms with Gasteiger partial charge in [0.05, 0.1) is 12.2 Å². The van der Waals surface area contributed by atoms with Crippen LogP contribution in [0.15, 0.2) is 18.2 Å². The molecule has 0 aliphatic heterocycles. The topological polar surface area (TPSA) is 57.3 Å². The molecule has 1 aromatic heterocycles. The minimum atomic E-state index is 0.0275. The average Bonchev–Trinajstić information content (AvgIpc) is 2.38. The summed E-state index contributed by atoms with van der Waals surface area (Å²) in [7, 11) is 1.65. The van der Waals surface area contributed by atoms with E-state index in [9.17, 15) is 4.79 Å². The van der Waals surface area contributed by atoms with E-state index in [2.05, 4.69) is 20.5 Å². The number of rotatable bonds is 7. The van der Waals surface area contributed by atoms with Crippen LogP contribution in [0.2, 0.25) is 0 Å². The molecule has 5 nitrogen and oxygen atoms in total. The van der Waals surface area contributed by atoms with E-state index in [0.29, 0.717) is 13.1 Å². The van der Waals surface area contributed by atoms with Crippen molar-refractivity contribution in [2.24, 2.45) is 0 Å². The monoisotopic (exact) mass is 250 g/mol. The van der Waals surface area contributed by atoms with E-state index in [0.717, 1.165) is 24.6 Å². The summed E-state index contributed by atoms with van der Waals surface area (Å²) in [6, 6.07) is 5.91. The maximum absolute atomic E-state index is 11.4. The molecule has 0 aliphatic carbocycles. The van der Waals surface area contributed by atoms with Crippen molar-refractivity contribution in [2.75, 3.05) is 32.0 Å². The number of amides is 1. The van der Waals surface area contributed by atoms with Gasteiger partial charge in [-0.15, -0.1) is 0 Å². The number of pyridine rings is 1. The minimum absolute atomic E-state index is 0.0275. The van der Waals surface area contributed by atoms with Crippen molar-refractivity contribution in [2.45, 2.75) is 20.4 Å². The van der Waals surface area contributed by atoms with E-state index >= 15 is 0 Å². The SMILES string of the molecule is CCNc1cccc(CN(CC)CC(=O)NC)n1. The van der Waals surface area contributed by atoms with Crippen LogP contribution in [0, 0.1) is 0 Å². The van der Waals surface area contributed by atoms with Crippen LogP contribution in [0.5, 0.6) is 0 Å². The number of likely N-dealkylation sites (N-methyl/N-ethyl adjacent to an activating group) is 2. The van der Waals surface area contributed by atoms with Gasteiger partial charge in [-0.25, -0.2) is 4.98 Å². The van der Waals surface area contributed by atoms with Crippen LogP contribution in [-0.2, 0) is 11.3 Å². The van der Waals surface area contributed by atoms with E-state index in [1.165, 1.54) is 0 Å². The highest BCUT2D eigenvalue weighted by atomic mass is 16.1. The Hall–Kier alpha value is -1.62. The van der Waals surface area contributed by atoms with Gasteiger partial charge in [0, 0.05) is 20.1 Å². The van der Waals surface area contributed by atoms with Crippen molar-refractivity contribution in [1.82, 2.24) is 15.2 Å². The fraction of sp³-hybridized carbons (Fsp3) is 0.538. The summed E-state index contributed by atoms with van der Waals surface area (Å²) in [6.45, 7) is 6.84. The van der Waals surface area contributed by atoms with Gasteiger partial charge < -0.3 is 10.6 Å². The normalized spacial score (nSPS) is 10.4. The molecule has 0 fully saturated rings. The van der Waals surface area contributed by atoms with Gasteiger partial charge in [0.15, 0.2) is 0 Å². The molecule has 1 aromatic rings.